The van der Waals surface area contributed by atoms with Gasteiger partial charge < -0.3 is 16.8 Å². The summed E-state index contributed by atoms with van der Waals surface area (Å²) in [6.07, 6.45) is 0. The SMILES string of the molecule is Nc1cc(N)nc(SCC(=O)N[C@H](c2ccc(F)cc2)c2cccs2)n1. The third kappa shape index (κ3) is 4.70. The molecule has 1 atom stereocenters. The van der Waals surface area contributed by atoms with Crippen molar-refractivity contribution in [2.24, 2.45) is 0 Å². The van der Waals surface area contributed by atoms with Gasteiger partial charge in [-0.15, -0.1) is 11.3 Å². The number of nitrogen functional groups attached to an aromatic ring is 2. The maximum absolute atomic E-state index is 13.2. The number of nitrogens with two attached hydrogens (primary N) is 2. The molecule has 0 aliphatic carbocycles. The highest BCUT2D eigenvalue weighted by atomic mass is 32.2. The van der Waals surface area contributed by atoms with E-state index in [4.69, 9.17) is 11.5 Å². The van der Waals surface area contributed by atoms with Crippen LogP contribution in [-0.2, 0) is 4.79 Å². The van der Waals surface area contributed by atoms with Crippen LogP contribution >= 0.6 is 23.1 Å². The molecular formula is C17H16FN5OS2. The van der Waals surface area contributed by atoms with Crippen LogP contribution in [0.3, 0.4) is 0 Å². The summed E-state index contributed by atoms with van der Waals surface area (Å²) < 4.78 is 13.2. The number of anilines is 2. The second kappa shape index (κ2) is 8.15. The summed E-state index contributed by atoms with van der Waals surface area (Å²) in [5, 5.41) is 5.23. The van der Waals surface area contributed by atoms with Gasteiger partial charge in [-0.2, -0.15) is 0 Å². The second-order valence-corrected chi connectivity index (χ2v) is 7.28. The number of thioether (sulfide) groups is 1. The third-order valence-electron chi connectivity index (χ3n) is 3.41. The average Bonchev–Trinajstić information content (AvgIpc) is 3.12. The van der Waals surface area contributed by atoms with Crippen LogP contribution < -0.4 is 16.8 Å². The Morgan fingerprint density at radius 3 is 2.50 bits per heavy atom. The molecule has 1 amide bonds. The number of aromatic nitrogens is 2. The average molecular weight is 389 g/mol. The molecule has 6 nitrogen and oxygen atoms in total. The summed E-state index contributed by atoms with van der Waals surface area (Å²) in [4.78, 5) is 21.4. The molecule has 2 heterocycles. The minimum absolute atomic E-state index is 0.103. The van der Waals surface area contributed by atoms with Gasteiger partial charge in [-0.25, -0.2) is 14.4 Å². The van der Waals surface area contributed by atoms with Gasteiger partial charge in [0.25, 0.3) is 0 Å². The van der Waals surface area contributed by atoms with E-state index in [1.54, 1.807) is 12.1 Å². The van der Waals surface area contributed by atoms with Crippen LogP contribution in [0, 0.1) is 5.82 Å². The quantitative estimate of drug-likeness (QED) is 0.442. The van der Waals surface area contributed by atoms with Crippen LogP contribution in [0.1, 0.15) is 16.5 Å². The number of halogens is 1. The first-order valence-electron chi connectivity index (χ1n) is 7.62. The number of benzene rings is 1. The fourth-order valence-corrected chi connectivity index (χ4v) is 3.77. The van der Waals surface area contributed by atoms with Gasteiger partial charge in [0, 0.05) is 10.9 Å². The van der Waals surface area contributed by atoms with E-state index in [2.05, 4.69) is 15.3 Å². The Kier molecular flexibility index (Phi) is 5.69. The molecule has 0 spiro atoms. The van der Waals surface area contributed by atoms with E-state index in [-0.39, 0.29) is 35.2 Å². The molecule has 0 radical (unpaired) electrons. The van der Waals surface area contributed by atoms with Gasteiger partial charge in [0.2, 0.25) is 5.91 Å². The normalized spacial score (nSPS) is 11.9. The maximum atomic E-state index is 13.2. The molecule has 5 N–H and O–H groups in total. The lowest BCUT2D eigenvalue weighted by molar-refractivity contribution is -0.119. The lowest BCUT2D eigenvalue weighted by Gasteiger charge is -2.18. The summed E-state index contributed by atoms with van der Waals surface area (Å²) >= 11 is 2.66. The standard InChI is InChI=1S/C17H16FN5OS2/c18-11-5-3-10(4-6-11)16(12-2-1-7-25-12)23-15(24)9-26-17-21-13(19)8-14(20)22-17/h1-8,16H,9H2,(H,23,24)(H4,19,20,21,22)/t16-/m1/s1. The molecule has 1 aromatic carbocycles. The molecule has 0 bridgehead atoms. The highest BCUT2D eigenvalue weighted by molar-refractivity contribution is 7.99. The molecule has 0 aliphatic heterocycles. The Labute approximate surface area is 157 Å². The van der Waals surface area contributed by atoms with Crippen molar-refractivity contribution >= 4 is 40.6 Å². The molecule has 3 aromatic rings. The van der Waals surface area contributed by atoms with E-state index in [0.29, 0.717) is 5.16 Å². The van der Waals surface area contributed by atoms with Crippen LogP contribution in [0.15, 0.2) is 53.0 Å². The number of hydrogen-bond acceptors (Lipinski definition) is 7. The summed E-state index contributed by atoms with van der Waals surface area (Å²) in [5.41, 5.74) is 12.1. The Bertz CT molecular complexity index is 866. The zero-order chi connectivity index (χ0) is 18.5. The van der Waals surface area contributed by atoms with E-state index >= 15 is 0 Å². The Morgan fingerprint density at radius 1 is 1.19 bits per heavy atom. The number of nitrogens with one attached hydrogen (secondary N) is 1. The molecule has 0 saturated heterocycles. The van der Waals surface area contributed by atoms with Crippen LogP contribution in [0.5, 0.6) is 0 Å². The van der Waals surface area contributed by atoms with Crippen molar-refractivity contribution in [2.45, 2.75) is 11.2 Å². The summed E-state index contributed by atoms with van der Waals surface area (Å²) in [6.45, 7) is 0. The van der Waals surface area contributed by atoms with Gasteiger partial charge >= 0.3 is 0 Å². The molecule has 0 unspecified atom stereocenters. The Balaban J connectivity index is 1.70. The smallest absolute Gasteiger partial charge is 0.231 e. The molecule has 0 aliphatic rings. The summed E-state index contributed by atoms with van der Waals surface area (Å²) in [7, 11) is 0. The highest BCUT2D eigenvalue weighted by Gasteiger charge is 2.18. The van der Waals surface area contributed by atoms with Gasteiger partial charge in [0.1, 0.15) is 17.5 Å². The minimum atomic E-state index is -0.351. The molecule has 9 heteroatoms. The van der Waals surface area contributed by atoms with Gasteiger partial charge in [0.05, 0.1) is 11.8 Å². The van der Waals surface area contributed by atoms with Crippen molar-refractivity contribution in [1.29, 1.82) is 0 Å². The fraction of sp³-hybridized carbons (Fsp3) is 0.118. The van der Waals surface area contributed by atoms with Crippen molar-refractivity contribution in [3.05, 3.63) is 64.1 Å². The first-order chi connectivity index (χ1) is 12.5. The van der Waals surface area contributed by atoms with E-state index in [1.165, 1.54) is 29.5 Å². The Hall–Kier alpha value is -2.65. The van der Waals surface area contributed by atoms with Crippen molar-refractivity contribution in [3.8, 4) is 0 Å². The molecule has 0 fully saturated rings. The number of amides is 1. The number of hydrogen-bond donors (Lipinski definition) is 3. The van der Waals surface area contributed by atoms with Gasteiger partial charge in [-0.1, -0.05) is 30.0 Å². The van der Waals surface area contributed by atoms with E-state index in [9.17, 15) is 9.18 Å². The predicted molar refractivity (Wildman–Crippen MR) is 102 cm³/mol. The number of thiophene rings is 1. The number of nitrogens with zero attached hydrogens (tertiary/aromatic N) is 2. The van der Waals surface area contributed by atoms with Crippen LogP contribution in [-0.4, -0.2) is 21.6 Å². The van der Waals surface area contributed by atoms with Gasteiger partial charge in [0.15, 0.2) is 5.16 Å². The van der Waals surface area contributed by atoms with Crippen molar-refractivity contribution < 1.29 is 9.18 Å². The second-order valence-electron chi connectivity index (χ2n) is 5.36. The molecule has 2 aromatic heterocycles. The third-order valence-corrected chi connectivity index (χ3v) is 5.20. The first kappa shape index (κ1) is 18.2. The topological polar surface area (TPSA) is 107 Å². The van der Waals surface area contributed by atoms with Crippen molar-refractivity contribution in [3.63, 3.8) is 0 Å². The zero-order valence-electron chi connectivity index (χ0n) is 13.6. The van der Waals surface area contributed by atoms with Crippen molar-refractivity contribution in [1.82, 2.24) is 15.3 Å². The van der Waals surface area contributed by atoms with Gasteiger partial charge in [-0.3, -0.25) is 4.79 Å². The number of carbonyl (C=O) groups is 1. The monoisotopic (exact) mass is 389 g/mol. The zero-order valence-corrected chi connectivity index (χ0v) is 15.2. The largest absolute Gasteiger partial charge is 0.383 e. The van der Waals surface area contributed by atoms with Crippen LogP contribution in [0.4, 0.5) is 16.0 Å². The number of carbonyl (C=O) groups excluding carboxylic acids is 1. The predicted octanol–water partition coefficient (Wildman–Crippen LogP) is 2.84. The number of rotatable bonds is 6. The minimum Gasteiger partial charge on any atom is -0.383 e. The van der Waals surface area contributed by atoms with E-state index < -0.39 is 0 Å². The first-order valence-corrected chi connectivity index (χ1v) is 9.49. The molecular weight excluding hydrogens is 373 g/mol. The molecule has 0 saturated carbocycles. The van der Waals surface area contributed by atoms with Gasteiger partial charge in [-0.05, 0) is 29.1 Å². The lowest BCUT2D eigenvalue weighted by Crippen LogP contribution is -2.30. The van der Waals surface area contributed by atoms with E-state index in [0.717, 1.165) is 22.2 Å². The molecule has 3 rings (SSSR count). The van der Waals surface area contributed by atoms with Crippen molar-refractivity contribution in [2.75, 3.05) is 17.2 Å². The summed E-state index contributed by atoms with van der Waals surface area (Å²) in [5.74, 6) is 0.0806. The molecule has 26 heavy (non-hydrogen) atoms. The molecule has 134 valence electrons. The summed E-state index contributed by atoms with van der Waals surface area (Å²) in [6, 6.07) is 11.0. The maximum Gasteiger partial charge on any atom is 0.231 e. The highest BCUT2D eigenvalue weighted by Crippen LogP contribution is 2.26. The van der Waals surface area contributed by atoms with Crippen LogP contribution in [0.25, 0.3) is 0 Å². The Morgan fingerprint density at radius 2 is 1.88 bits per heavy atom. The van der Waals surface area contributed by atoms with E-state index in [1.807, 2.05) is 17.5 Å². The lowest BCUT2D eigenvalue weighted by atomic mass is 10.1. The van der Waals surface area contributed by atoms with Crippen LogP contribution in [0.2, 0.25) is 0 Å². The fourth-order valence-electron chi connectivity index (χ4n) is 2.29.